The van der Waals surface area contributed by atoms with Gasteiger partial charge in [-0.2, -0.15) is 0 Å². The first-order valence-electron chi connectivity index (χ1n) is 7.15. The molecule has 3 aromatic rings. The first-order valence-corrected chi connectivity index (χ1v) is 7.15. The Morgan fingerprint density at radius 1 is 0.682 bits per heavy atom. The highest BCUT2D eigenvalue weighted by Crippen LogP contribution is 2.07. The number of aromatic nitrogens is 2. The van der Waals surface area contributed by atoms with Crippen LogP contribution < -0.4 is 16.4 Å². The van der Waals surface area contributed by atoms with Gasteiger partial charge in [0.15, 0.2) is 0 Å². The summed E-state index contributed by atoms with van der Waals surface area (Å²) in [5, 5.41) is 1.21. The van der Waals surface area contributed by atoms with Crippen molar-refractivity contribution in [1.29, 1.82) is 0 Å². The van der Waals surface area contributed by atoms with Crippen LogP contribution in [0.15, 0.2) is 53.3 Å². The predicted octanol–water partition coefficient (Wildman–Crippen LogP) is 2.07. The van der Waals surface area contributed by atoms with Gasteiger partial charge >= 0.3 is 5.69 Å². The molecule has 0 aliphatic rings. The molecule has 110 valence electrons. The molecule has 0 bridgehead atoms. The average molecular weight is 290 g/mol. The maximum Gasteiger partial charge on any atom is 0.338 e. The normalized spacial score (nSPS) is 10.8. The van der Waals surface area contributed by atoms with E-state index in [9.17, 15) is 4.79 Å². The number of aryl methyl sites for hydroxylation is 2. The van der Waals surface area contributed by atoms with E-state index in [-0.39, 0.29) is 5.69 Å². The van der Waals surface area contributed by atoms with Crippen molar-refractivity contribution >= 4 is 13.2 Å². The summed E-state index contributed by atoms with van der Waals surface area (Å²) in [6.07, 6.45) is 0. The Hall–Kier alpha value is -2.81. The number of benzene rings is 2. The standard InChI is InChI=1S/C19H18N2O/c1-13-5-9-17(10-6-13)20-15(3)16(4)21(19(20)22)18-11-7-14(2)8-12-18/h5-12H,3-4H2,1-2H3. The van der Waals surface area contributed by atoms with Gasteiger partial charge in [-0.05, 0) is 38.1 Å². The van der Waals surface area contributed by atoms with Gasteiger partial charge in [-0.1, -0.05) is 48.6 Å². The van der Waals surface area contributed by atoms with E-state index in [4.69, 9.17) is 0 Å². The fraction of sp³-hybridized carbons (Fsp3) is 0.105. The number of hydrogen-bond donors (Lipinski definition) is 0. The van der Waals surface area contributed by atoms with Gasteiger partial charge in [-0.15, -0.1) is 0 Å². The van der Waals surface area contributed by atoms with E-state index in [0.717, 1.165) is 22.5 Å². The summed E-state index contributed by atoms with van der Waals surface area (Å²) < 4.78 is 3.20. The van der Waals surface area contributed by atoms with Crippen LogP contribution >= 0.6 is 0 Å². The van der Waals surface area contributed by atoms with Crippen LogP contribution in [0.5, 0.6) is 0 Å². The molecule has 3 nitrogen and oxygen atoms in total. The molecule has 0 saturated heterocycles. The maximum atomic E-state index is 12.8. The molecule has 2 aromatic carbocycles. The lowest BCUT2D eigenvalue weighted by Gasteiger charge is -2.04. The van der Waals surface area contributed by atoms with Crippen molar-refractivity contribution in [1.82, 2.24) is 9.13 Å². The van der Waals surface area contributed by atoms with Gasteiger partial charge in [0.2, 0.25) is 0 Å². The third kappa shape index (κ3) is 2.21. The van der Waals surface area contributed by atoms with Gasteiger partial charge in [0.25, 0.3) is 0 Å². The zero-order chi connectivity index (χ0) is 15.9. The Balaban J connectivity index is 2.28. The second kappa shape index (κ2) is 5.19. The van der Waals surface area contributed by atoms with Gasteiger partial charge in [-0.25, -0.2) is 4.79 Å². The van der Waals surface area contributed by atoms with Gasteiger partial charge < -0.3 is 0 Å². The third-order valence-corrected chi connectivity index (χ3v) is 3.84. The molecule has 0 spiro atoms. The molecule has 0 amide bonds. The third-order valence-electron chi connectivity index (χ3n) is 3.84. The molecular formula is C19H18N2O. The Labute approximate surface area is 129 Å². The van der Waals surface area contributed by atoms with Gasteiger partial charge in [0.1, 0.15) is 0 Å². The molecule has 0 saturated carbocycles. The van der Waals surface area contributed by atoms with Crippen LogP contribution in [0.2, 0.25) is 0 Å². The fourth-order valence-corrected chi connectivity index (χ4v) is 2.51. The molecule has 3 heteroatoms. The van der Waals surface area contributed by atoms with Crippen LogP contribution in [0.1, 0.15) is 11.1 Å². The predicted molar refractivity (Wildman–Crippen MR) is 91.1 cm³/mol. The summed E-state index contributed by atoms with van der Waals surface area (Å²) in [6, 6.07) is 15.6. The summed E-state index contributed by atoms with van der Waals surface area (Å²) in [5.74, 6) is 0. The Bertz CT molecular complexity index is 894. The van der Waals surface area contributed by atoms with Crippen LogP contribution in [-0.2, 0) is 0 Å². The molecule has 0 aliphatic carbocycles. The molecule has 1 heterocycles. The molecule has 0 aliphatic heterocycles. The SMILES string of the molecule is C=c1c(=C)n(-c2ccc(C)cc2)c(=O)n1-c1ccc(C)cc1. The Morgan fingerprint density at radius 3 is 1.32 bits per heavy atom. The summed E-state index contributed by atoms with van der Waals surface area (Å²) >= 11 is 0. The van der Waals surface area contributed by atoms with Crippen molar-refractivity contribution in [3.63, 3.8) is 0 Å². The highest BCUT2D eigenvalue weighted by molar-refractivity contribution is 5.39. The van der Waals surface area contributed by atoms with Gasteiger partial charge in [0.05, 0.1) is 22.1 Å². The highest BCUT2D eigenvalue weighted by atomic mass is 16.1. The van der Waals surface area contributed by atoms with E-state index in [1.54, 1.807) is 9.13 Å². The summed E-state index contributed by atoms with van der Waals surface area (Å²) in [7, 11) is 0. The smallest absolute Gasteiger partial charge is 0.261 e. The van der Waals surface area contributed by atoms with E-state index in [1.165, 1.54) is 0 Å². The lowest BCUT2D eigenvalue weighted by atomic mass is 10.2. The van der Waals surface area contributed by atoms with Crippen LogP contribution in [0.3, 0.4) is 0 Å². The minimum absolute atomic E-state index is 0.150. The monoisotopic (exact) mass is 290 g/mol. The zero-order valence-corrected chi connectivity index (χ0v) is 12.8. The van der Waals surface area contributed by atoms with Crippen molar-refractivity contribution in [2.45, 2.75) is 13.8 Å². The summed E-state index contributed by atoms with van der Waals surface area (Å²) in [6.45, 7) is 12.1. The molecule has 0 radical (unpaired) electrons. The van der Waals surface area contributed by atoms with Crippen LogP contribution in [0, 0.1) is 13.8 Å². The molecule has 0 fully saturated rings. The van der Waals surface area contributed by atoms with Crippen molar-refractivity contribution in [2.75, 3.05) is 0 Å². The van der Waals surface area contributed by atoms with E-state index >= 15 is 0 Å². The minimum Gasteiger partial charge on any atom is -0.261 e. The summed E-state index contributed by atoms with van der Waals surface area (Å²) in [4.78, 5) is 12.8. The lowest BCUT2D eigenvalue weighted by Crippen LogP contribution is -2.29. The van der Waals surface area contributed by atoms with Crippen molar-refractivity contribution in [3.05, 3.63) is 80.8 Å². The van der Waals surface area contributed by atoms with E-state index in [2.05, 4.69) is 13.2 Å². The fourth-order valence-electron chi connectivity index (χ4n) is 2.51. The topological polar surface area (TPSA) is 26.9 Å². The average Bonchev–Trinajstić information content (AvgIpc) is 2.72. The lowest BCUT2D eigenvalue weighted by molar-refractivity contribution is 0.893. The van der Waals surface area contributed by atoms with Crippen LogP contribution in [-0.4, -0.2) is 9.13 Å². The van der Waals surface area contributed by atoms with E-state index in [0.29, 0.717) is 10.7 Å². The van der Waals surface area contributed by atoms with Crippen LogP contribution in [0.25, 0.3) is 24.5 Å². The van der Waals surface area contributed by atoms with E-state index in [1.807, 2.05) is 62.4 Å². The number of rotatable bonds is 2. The molecule has 0 unspecified atom stereocenters. The van der Waals surface area contributed by atoms with Crippen molar-refractivity contribution in [2.24, 2.45) is 0 Å². The van der Waals surface area contributed by atoms with Crippen LogP contribution in [0.4, 0.5) is 0 Å². The molecule has 22 heavy (non-hydrogen) atoms. The highest BCUT2D eigenvalue weighted by Gasteiger charge is 2.11. The first-order chi connectivity index (χ1) is 10.5. The molecular weight excluding hydrogens is 272 g/mol. The summed E-state index contributed by atoms with van der Waals surface area (Å²) in [5.41, 5.74) is 3.75. The molecule has 0 atom stereocenters. The second-order valence-electron chi connectivity index (χ2n) is 5.52. The van der Waals surface area contributed by atoms with Gasteiger partial charge in [-0.3, -0.25) is 9.13 Å². The number of imidazole rings is 1. The zero-order valence-electron chi connectivity index (χ0n) is 12.8. The molecule has 1 aromatic heterocycles. The molecule has 3 rings (SSSR count). The Morgan fingerprint density at radius 2 is 1.00 bits per heavy atom. The second-order valence-corrected chi connectivity index (χ2v) is 5.52. The minimum atomic E-state index is -0.150. The van der Waals surface area contributed by atoms with E-state index < -0.39 is 0 Å². The maximum absolute atomic E-state index is 12.8. The molecule has 0 N–H and O–H groups in total. The largest absolute Gasteiger partial charge is 0.338 e. The number of hydrogen-bond acceptors (Lipinski definition) is 1. The number of nitrogens with zero attached hydrogens (tertiary/aromatic N) is 2. The first kappa shape index (κ1) is 14.1. The van der Waals surface area contributed by atoms with Crippen molar-refractivity contribution < 1.29 is 0 Å². The van der Waals surface area contributed by atoms with Crippen molar-refractivity contribution in [3.8, 4) is 11.4 Å². The Kier molecular flexibility index (Phi) is 3.33. The quantitative estimate of drug-likeness (QED) is 0.710. The van der Waals surface area contributed by atoms with Gasteiger partial charge in [0, 0.05) is 0 Å².